The Labute approximate surface area is 112 Å². The lowest BCUT2D eigenvalue weighted by atomic mass is 10.0. The van der Waals surface area contributed by atoms with Gasteiger partial charge in [0.1, 0.15) is 5.82 Å². The molecule has 0 bridgehead atoms. The number of hydrogen-bond donors (Lipinski definition) is 2. The molecule has 0 radical (unpaired) electrons. The Hall–Kier alpha value is -1.47. The summed E-state index contributed by atoms with van der Waals surface area (Å²) in [5, 5.41) is 7.54. The highest BCUT2D eigenvalue weighted by Crippen LogP contribution is 2.15. The van der Waals surface area contributed by atoms with Crippen LogP contribution in [0.3, 0.4) is 0 Å². The molecule has 1 aromatic rings. The van der Waals surface area contributed by atoms with E-state index in [0.717, 1.165) is 18.2 Å². The molecule has 0 aliphatic carbocycles. The topological polar surface area (TPSA) is 89.3 Å². The summed E-state index contributed by atoms with van der Waals surface area (Å²) in [6, 6.07) is 2.95. The predicted molar refractivity (Wildman–Crippen MR) is 69.6 cm³/mol. The van der Waals surface area contributed by atoms with E-state index in [1.165, 1.54) is 0 Å². The molecule has 0 fully saturated rings. The summed E-state index contributed by atoms with van der Waals surface area (Å²) in [7, 11) is -3.98. The van der Waals surface area contributed by atoms with Gasteiger partial charge in [0, 0.05) is 5.54 Å². The second kappa shape index (κ2) is 5.26. The molecule has 0 aromatic heterocycles. The Kier molecular flexibility index (Phi) is 4.32. The van der Waals surface area contributed by atoms with Crippen molar-refractivity contribution in [2.45, 2.75) is 37.6 Å². The number of rotatable bonds is 4. The van der Waals surface area contributed by atoms with E-state index in [9.17, 15) is 17.6 Å². The number of nitrogens with one attached hydrogen (secondary N) is 1. The first-order valence-corrected chi connectivity index (χ1v) is 7.26. The van der Waals surface area contributed by atoms with Gasteiger partial charge in [-0.05, 0) is 38.5 Å². The number of benzene rings is 1. The van der Waals surface area contributed by atoms with E-state index in [-0.39, 0.29) is 10.5 Å². The average molecular weight is 288 g/mol. The zero-order chi connectivity index (χ0) is 14.8. The third kappa shape index (κ3) is 4.00. The zero-order valence-corrected chi connectivity index (χ0v) is 11.8. The van der Waals surface area contributed by atoms with Crippen LogP contribution < -0.4 is 10.5 Å². The van der Waals surface area contributed by atoms with Crippen molar-refractivity contribution in [1.29, 1.82) is 0 Å². The number of hydrogen-bond acceptors (Lipinski definition) is 3. The minimum absolute atomic E-state index is 0.214. The molecule has 0 saturated heterocycles. The highest BCUT2D eigenvalue weighted by atomic mass is 32.2. The first kappa shape index (κ1) is 15.6. The molecule has 0 atom stereocenters. The Morgan fingerprint density at radius 1 is 1.42 bits per heavy atom. The molecule has 106 valence electrons. The molecule has 0 aliphatic rings. The van der Waals surface area contributed by atoms with Crippen molar-refractivity contribution in [3.8, 4) is 0 Å². The van der Waals surface area contributed by atoms with Crippen LogP contribution in [0.2, 0.25) is 0 Å². The highest BCUT2D eigenvalue weighted by molar-refractivity contribution is 7.89. The minimum atomic E-state index is -3.98. The molecule has 0 spiro atoms. The third-order valence-corrected chi connectivity index (χ3v) is 3.76. The van der Waals surface area contributed by atoms with Gasteiger partial charge in [0.15, 0.2) is 0 Å². The van der Waals surface area contributed by atoms with Gasteiger partial charge in [-0.25, -0.2) is 17.9 Å². The van der Waals surface area contributed by atoms with Crippen molar-refractivity contribution in [2.75, 3.05) is 0 Å². The second-order valence-corrected chi connectivity index (χ2v) is 6.44. The number of halogens is 1. The molecule has 0 saturated carbocycles. The maximum Gasteiger partial charge on any atom is 0.254 e. The summed E-state index contributed by atoms with van der Waals surface area (Å²) >= 11 is 0. The summed E-state index contributed by atoms with van der Waals surface area (Å²) in [5.41, 5.74) is -0.684. The number of amides is 1. The van der Waals surface area contributed by atoms with Crippen LogP contribution >= 0.6 is 0 Å². The third-order valence-electron chi connectivity index (χ3n) is 2.85. The number of carbonyl (C=O) groups is 1. The fraction of sp³-hybridized carbons (Fsp3) is 0.417. The van der Waals surface area contributed by atoms with E-state index in [2.05, 4.69) is 5.32 Å². The number of sulfonamides is 1. The van der Waals surface area contributed by atoms with E-state index in [1.54, 1.807) is 0 Å². The molecule has 0 unspecified atom stereocenters. The van der Waals surface area contributed by atoms with Crippen LogP contribution in [0, 0.1) is 5.82 Å². The molecule has 1 aromatic carbocycles. The molecule has 7 heteroatoms. The lowest BCUT2D eigenvalue weighted by Crippen LogP contribution is -2.43. The van der Waals surface area contributed by atoms with Crippen LogP contribution in [0.5, 0.6) is 0 Å². The second-order valence-electron chi connectivity index (χ2n) is 4.88. The van der Waals surface area contributed by atoms with Crippen LogP contribution in [0.1, 0.15) is 37.6 Å². The lowest BCUT2D eigenvalue weighted by Gasteiger charge is -2.24. The van der Waals surface area contributed by atoms with E-state index < -0.39 is 27.3 Å². The maximum absolute atomic E-state index is 13.7. The van der Waals surface area contributed by atoms with Crippen molar-refractivity contribution in [3.05, 3.63) is 29.6 Å². The zero-order valence-electron chi connectivity index (χ0n) is 11.0. The molecular weight excluding hydrogens is 271 g/mol. The smallest absolute Gasteiger partial charge is 0.254 e. The van der Waals surface area contributed by atoms with E-state index in [1.807, 2.05) is 20.8 Å². The van der Waals surface area contributed by atoms with Gasteiger partial charge in [-0.1, -0.05) is 6.92 Å². The van der Waals surface area contributed by atoms with Gasteiger partial charge in [0.05, 0.1) is 10.5 Å². The van der Waals surface area contributed by atoms with Gasteiger partial charge in [-0.2, -0.15) is 0 Å². The van der Waals surface area contributed by atoms with Crippen molar-refractivity contribution in [3.63, 3.8) is 0 Å². The Morgan fingerprint density at radius 2 is 2.00 bits per heavy atom. The van der Waals surface area contributed by atoms with Crippen LogP contribution in [0.15, 0.2) is 23.1 Å². The average Bonchev–Trinajstić information content (AvgIpc) is 2.26. The van der Waals surface area contributed by atoms with Gasteiger partial charge in [0.2, 0.25) is 10.0 Å². The predicted octanol–water partition coefficient (Wildman–Crippen LogP) is 1.39. The number of carbonyl (C=O) groups excluding carboxylic acids is 1. The summed E-state index contributed by atoms with van der Waals surface area (Å²) in [4.78, 5) is 11.5. The first-order valence-electron chi connectivity index (χ1n) is 5.71. The normalized spacial score (nSPS) is 12.3. The maximum atomic E-state index is 13.7. The van der Waals surface area contributed by atoms with Crippen LogP contribution in [-0.4, -0.2) is 19.9 Å². The van der Waals surface area contributed by atoms with Gasteiger partial charge in [0.25, 0.3) is 5.91 Å². The number of nitrogens with two attached hydrogens (primary N) is 1. The van der Waals surface area contributed by atoms with Gasteiger partial charge >= 0.3 is 0 Å². The Bertz CT molecular complexity index is 597. The van der Waals surface area contributed by atoms with Crippen molar-refractivity contribution < 1.29 is 17.6 Å². The minimum Gasteiger partial charge on any atom is -0.347 e. The molecule has 1 rings (SSSR count). The van der Waals surface area contributed by atoms with E-state index in [4.69, 9.17) is 5.14 Å². The van der Waals surface area contributed by atoms with Crippen molar-refractivity contribution >= 4 is 15.9 Å². The highest BCUT2D eigenvalue weighted by Gasteiger charge is 2.22. The molecule has 3 N–H and O–H groups in total. The fourth-order valence-corrected chi connectivity index (χ4v) is 1.85. The standard InChI is InChI=1S/C12H17FN2O3S/c1-4-12(2,3)15-11(16)9-6-5-8(7-10(9)13)19(14,17)18/h5-7H,4H2,1-3H3,(H,15,16)(H2,14,17,18). The molecule has 0 heterocycles. The Balaban J connectivity index is 3.07. The molecule has 1 amide bonds. The van der Waals surface area contributed by atoms with Gasteiger partial charge in [-0.3, -0.25) is 4.79 Å². The van der Waals surface area contributed by atoms with Gasteiger partial charge < -0.3 is 5.32 Å². The molecule has 5 nitrogen and oxygen atoms in total. The Morgan fingerprint density at radius 3 is 2.42 bits per heavy atom. The van der Waals surface area contributed by atoms with Crippen LogP contribution in [0.25, 0.3) is 0 Å². The SMILES string of the molecule is CCC(C)(C)NC(=O)c1ccc(S(N)(=O)=O)cc1F. The quantitative estimate of drug-likeness (QED) is 0.877. The monoisotopic (exact) mass is 288 g/mol. The summed E-state index contributed by atoms with van der Waals surface area (Å²) < 4.78 is 35.8. The molecule has 0 aliphatic heterocycles. The summed E-state index contributed by atoms with van der Waals surface area (Å²) in [6.07, 6.45) is 0.676. The molecule has 19 heavy (non-hydrogen) atoms. The van der Waals surface area contributed by atoms with E-state index in [0.29, 0.717) is 6.42 Å². The van der Waals surface area contributed by atoms with Crippen LogP contribution in [0.4, 0.5) is 4.39 Å². The summed E-state index contributed by atoms with van der Waals surface area (Å²) in [6.45, 7) is 5.50. The lowest BCUT2D eigenvalue weighted by molar-refractivity contribution is 0.0907. The van der Waals surface area contributed by atoms with Crippen molar-refractivity contribution in [2.24, 2.45) is 5.14 Å². The van der Waals surface area contributed by atoms with Gasteiger partial charge in [-0.15, -0.1) is 0 Å². The van der Waals surface area contributed by atoms with Crippen molar-refractivity contribution in [1.82, 2.24) is 5.32 Å². The van der Waals surface area contributed by atoms with Crippen LogP contribution in [-0.2, 0) is 10.0 Å². The number of primary sulfonamides is 1. The fourth-order valence-electron chi connectivity index (χ4n) is 1.32. The largest absolute Gasteiger partial charge is 0.347 e. The molecular formula is C12H17FN2O3S. The van der Waals surface area contributed by atoms with E-state index >= 15 is 0 Å². The first-order chi connectivity index (χ1) is 8.57. The summed E-state index contributed by atoms with van der Waals surface area (Å²) in [5.74, 6) is -1.51.